The van der Waals surface area contributed by atoms with E-state index in [1.54, 1.807) is 37.4 Å². The zero-order valence-corrected chi connectivity index (χ0v) is 14.6. The molecule has 0 aliphatic heterocycles. The first-order valence-corrected chi connectivity index (χ1v) is 7.57. The van der Waals surface area contributed by atoms with Gasteiger partial charge in [-0.2, -0.15) is 0 Å². The van der Waals surface area contributed by atoms with E-state index in [1.165, 1.54) is 7.11 Å². The third kappa shape index (κ3) is 3.22. The Labute approximate surface area is 139 Å². The number of nitrogen functional groups attached to an aromatic ring is 1. The van der Waals surface area contributed by atoms with E-state index in [-0.39, 0.29) is 5.78 Å². The molecule has 0 saturated carbocycles. The Balaban J connectivity index is 2.55. The Morgan fingerprint density at radius 3 is 2.14 bits per heavy atom. The molecule has 0 aromatic heterocycles. The van der Waals surface area contributed by atoms with E-state index >= 15 is 0 Å². The molecule has 0 aliphatic carbocycles. The minimum atomic E-state index is -0.165. The number of methoxy groups -OCH3 is 2. The molecule has 0 saturated heterocycles. The van der Waals surface area contributed by atoms with Crippen molar-refractivity contribution in [3.05, 3.63) is 50.4 Å². The average Bonchev–Trinajstić information content (AvgIpc) is 2.48. The van der Waals surface area contributed by atoms with Crippen molar-refractivity contribution in [2.75, 3.05) is 20.0 Å². The van der Waals surface area contributed by atoms with Crippen LogP contribution in [0, 0.1) is 0 Å². The molecule has 6 heteroatoms. The number of halogens is 2. The van der Waals surface area contributed by atoms with Gasteiger partial charge in [0.15, 0.2) is 17.3 Å². The first-order valence-electron chi connectivity index (χ1n) is 5.99. The van der Waals surface area contributed by atoms with Crippen LogP contribution >= 0.6 is 31.9 Å². The molecule has 21 heavy (non-hydrogen) atoms. The normalized spacial score (nSPS) is 10.3. The molecule has 0 aliphatic rings. The van der Waals surface area contributed by atoms with Crippen LogP contribution in [0.4, 0.5) is 5.69 Å². The fraction of sp³-hybridized carbons (Fsp3) is 0.133. The van der Waals surface area contributed by atoms with Gasteiger partial charge in [-0.25, -0.2) is 0 Å². The van der Waals surface area contributed by atoms with Gasteiger partial charge in [-0.1, -0.05) is 15.9 Å². The molecular weight excluding hydrogens is 402 g/mol. The summed E-state index contributed by atoms with van der Waals surface area (Å²) in [6.45, 7) is 0. The topological polar surface area (TPSA) is 61.5 Å². The van der Waals surface area contributed by atoms with Crippen LogP contribution in [0.2, 0.25) is 0 Å². The first kappa shape index (κ1) is 15.9. The van der Waals surface area contributed by atoms with Gasteiger partial charge in [0.25, 0.3) is 0 Å². The molecule has 110 valence electrons. The summed E-state index contributed by atoms with van der Waals surface area (Å²) >= 11 is 6.76. The second-order valence-corrected chi connectivity index (χ2v) is 5.96. The summed E-state index contributed by atoms with van der Waals surface area (Å²) in [5, 5.41) is 0. The Morgan fingerprint density at radius 1 is 0.952 bits per heavy atom. The Kier molecular flexibility index (Phi) is 4.90. The van der Waals surface area contributed by atoms with E-state index in [1.807, 2.05) is 0 Å². The molecule has 0 fully saturated rings. The lowest BCUT2D eigenvalue weighted by molar-refractivity contribution is 0.103. The molecule has 2 aromatic rings. The van der Waals surface area contributed by atoms with E-state index in [9.17, 15) is 4.79 Å². The van der Waals surface area contributed by atoms with E-state index < -0.39 is 0 Å². The molecule has 0 spiro atoms. The average molecular weight is 415 g/mol. The van der Waals surface area contributed by atoms with Gasteiger partial charge >= 0.3 is 0 Å². The Morgan fingerprint density at radius 2 is 1.52 bits per heavy atom. The quantitative estimate of drug-likeness (QED) is 0.605. The number of carbonyl (C=O) groups is 1. The number of hydrogen-bond donors (Lipinski definition) is 1. The monoisotopic (exact) mass is 413 g/mol. The van der Waals surface area contributed by atoms with Gasteiger partial charge in [0, 0.05) is 25.8 Å². The van der Waals surface area contributed by atoms with Crippen molar-refractivity contribution >= 4 is 43.3 Å². The van der Waals surface area contributed by atoms with E-state index in [4.69, 9.17) is 15.2 Å². The van der Waals surface area contributed by atoms with Crippen molar-refractivity contribution < 1.29 is 14.3 Å². The standard InChI is InChI=1S/C15H13Br2NO3/c1-20-13-6-10(12(17)7-14(13)21-2)15(19)9-5-8(18)3-4-11(9)16/h3-7H,18H2,1-2H3. The largest absolute Gasteiger partial charge is 0.493 e. The van der Waals surface area contributed by atoms with Crippen molar-refractivity contribution in [3.8, 4) is 11.5 Å². The van der Waals surface area contributed by atoms with Gasteiger partial charge in [0.05, 0.1) is 14.2 Å². The van der Waals surface area contributed by atoms with Crippen LogP contribution in [0.3, 0.4) is 0 Å². The molecule has 0 heterocycles. The first-order chi connectivity index (χ1) is 9.97. The fourth-order valence-electron chi connectivity index (χ4n) is 1.89. The van der Waals surface area contributed by atoms with E-state index in [2.05, 4.69) is 31.9 Å². The molecular formula is C15H13Br2NO3. The van der Waals surface area contributed by atoms with Crippen LogP contribution in [0.5, 0.6) is 11.5 Å². The number of hydrogen-bond acceptors (Lipinski definition) is 4. The smallest absolute Gasteiger partial charge is 0.195 e. The number of rotatable bonds is 4. The predicted octanol–water partition coefficient (Wildman–Crippen LogP) is 4.04. The maximum atomic E-state index is 12.7. The summed E-state index contributed by atoms with van der Waals surface area (Å²) in [4.78, 5) is 12.7. The maximum absolute atomic E-state index is 12.7. The van der Waals surface area contributed by atoms with Crippen molar-refractivity contribution in [3.63, 3.8) is 0 Å². The van der Waals surface area contributed by atoms with Crippen molar-refractivity contribution in [1.29, 1.82) is 0 Å². The second-order valence-electron chi connectivity index (χ2n) is 4.26. The zero-order valence-electron chi connectivity index (χ0n) is 11.4. The minimum Gasteiger partial charge on any atom is -0.493 e. The lowest BCUT2D eigenvalue weighted by Crippen LogP contribution is -2.05. The molecule has 2 aromatic carbocycles. The third-order valence-electron chi connectivity index (χ3n) is 2.95. The lowest BCUT2D eigenvalue weighted by atomic mass is 10.0. The highest BCUT2D eigenvalue weighted by atomic mass is 79.9. The van der Waals surface area contributed by atoms with Crippen LogP contribution in [-0.4, -0.2) is 20.0 Å². The Hall–Kier alpha value is -1.53. The fourth-order valence-corrected chi connectivity index (χ4v) is 2.82. The maximum Gasteiger partial charge on any atom is 0.195 e. The van der Waals surface area contributed by atoms with E-state index in [0.29, 0.717) is 37.3 Å². The summed E-state index contributed by atoms with van der Waals surface area (Å²) in [7, 11) is 3.07. The SMILES string of the molecule is COc1cc(Br)c(C(=O)c2cc(N)ccc2Br)cc1OC. The number of anilines is 1. The van der Waals surface area contributed by atoms with Crippen LogP contribution in [0.1, 0.15) is 15.9 Å². The van der Waals surface area contributed by atoms with Gasteiger partial charge in [0.1, 0.15) is 0 Å². The zero-order chi connectivity index (χ0) is 15.6. The molecule has 0 radical (unpaired) electrons. The minimum absolute atomic E-state index is 0.165. The molecule has 0 bridgehead atoms. The van der Waals surface area contributed by atoms with Crippen LogP contribution in [0.15, 0.2) is 39.3 Å². The predicted molar refractivity (Wildman–Crippen MR) is 89.2 cm³/mol. The molecule has 0 unspecified atom stereocenters. The van der Waals surface area contributed by atoms with E-state index in [0.717, 1.165) is 0 Å². The Bertz CT molecular complexity index is 702. The van der Waals surface area contributed by atoms with Crippen molar-refractivity contribution in [2.24, 2.45) is 0 Å². The third-order valence-corrected chi connectivity index (χ3v) is 4.30. The van der Waals surface area contributed by atoms with Gasteiger partial charge in [-0.15, -0.1) is 0 Å². The highest BCUT2D eigenvalue weighted by molar-refractivity contribution is 9.11. The summed E-state index contributed by atoms with van der Waals surface area (Å²) in [5.41, 5.74) is 7.24. The highest BCUT2D eigenvalue weighted by Crippen LogP contribution is 2.35. The van der Waals surface area contributed by atoms with Crippen molar-refractivity contribution in [1.82, 2.24) is 0 Å². The molecule has 2 N–H and O–H groups in total. The van der Waals surface area contributed by atoms with Gasteiger partial charge in [0.2, 0.25) is 0 Å². The summed E-state index contributed by atoms with van der Waals surface area (Å²) in [6, 6.07) is 8.45. The van der Waals surface area contributed by atoms with Gasteiger partial charge in [-0.3, -0.25) is 4.79 Å². The molecule has 4 nitrogen and oxygen atoms in total. The van der Waals surface area contributed by atoms with Crippen LogP contribution < -0.4 is 15.2 Å². The van der Waals surface area contributed by atoms with Gasteiger partial charge < -0.3 is 15.2 Å². The lowest BCUT2D eigenvalue weighted by Gasteiger charge is -2.12. The summed E-state index contributed by atoms with van der Waals surface area (Å²) in [5.74, 6) is 0.874. The number of ether oxygens (including phenoxy) is 2. The molecule has 0 atom stereocenters. The number of carbonyl (C=O) groups excluding carboxylic acids is 1. The van der Waals surface area contributed by atoms with Crippen LogP contribution in [0.25, 0.3) is 0 Å². The number of ketones is 1. The summed E-state index contributed by atoms with van der Waals surface area (Å²) < 4.78 is 11.8. The van der Waals surface area contributed by atoms with Crippen LogP contribution in [-0.2, 0) is 0 Å². The number of nitrogens with two attached hydrogens (primary N) is 1. The van der Waals surface area contributed by atoms with Gasteiger partial charge in [-0.05, 0) is 46.3 Å². The second kappa shape index (κ2) is 6.49. The summed E-state index contributed by atoms with van der Waals surface area (Å²) in [6.07, 6.45) is 0. The highest BCUT2D eigenvalue weighted by Gasteiger charge is 2.19. The van der Waals surface area contributed by atoms with Crippen molar-refractivity contribution in [2.45, 2.75) is 0 Å². The molecule has 0 amide bonds. The number of benzene rings is 2. The molecule has 2 rings (SSSR count).